The largest absolute Gasteiger partial charge is 0.417 e. The average molecular weight is 544 g/mol. The summed E-state index contributed by atoms with van der Waals surface area (Å²) >= 11 is 5.54. The molecule has 0 fully saturated rings. The highest BCUT2D eigenvalue weighted by Gasteiger charge is 2.31. The molecule has 0 saturated carbocycles. The first-order valence-electron chi connectivity index (χ1n) is 9.71. The smallest absolute Gasteiger partial charge is 0.361 e. The lowest BCUT2D eigenvalue weighted by Crippen LogP contribution is -2.05. The van der Waals surface area contributed by atoms with E-state index in [2.05, 4.69) is 24.8 Å². The van der Waals surface area contributed by atoms with Crippen molar-refractivity contribution in [3.05, 3.63) is 101 Å². The van der Waals surface area contributed by atoms with Gasteiger partial charge in [0, 0.05) is 30.1 Å². The van der Waals surface area contributed by atoms with Gasteiger partial charge in [-0.15, -0.1) is 0 Å². The molecule has 0 aliphatic carbocycles. The number of nitrogens with zero attached hydrogens (tertiary/aromatic N) is 5. The van der Waals surface area contributed by atoms with Crippen molar-refractivity contribution >= 4 is 17.4 Å². The minimum absolute atomic E-state index is 0.0910. The van der Waals surface area contributed by atoms with Crippen LogP contribution in [0.1, 0.15) is 11.1 Å². The van der Waals surface area contributed by atoms with Crippen LogP contribution < -0.4 is 0 Å². The number of halogens is 9. The lowest BCUT2D eigenvalue weighted by Gasteiger charge is -2.07. The van der Waals surface area contributed by atoms with E-state index in [0.29, 0.717) is 12.4 Å². The van der Waals surface area contributed by atoms with E-state index in [1.807, 2.05) is 0 Å². The summed E-state index contributed by atoms with van der Waals surface area (Å²) in [5.41, 5.74) is -0.970. The van der Waals surface area contributed by atoms with E-state index in [9.17, 15) is 35.1 Å². The second-order valence-electron chi connectivity index (χ2n) is 7.01. The zero-order valence-electron chi connectivity index (χ0n) is 17.9. The van der Waals surface area contributed by atoms with Gasteiger partial charge < -0.3 is 4.85 Å². The zero-order chi connectivity index (χ0) is 27.4. The maximum atomic E-state index is 13.1. The van der Waals surface area contributed by atoms with Gasteiger partial charge >= 0.3 is 18.3 Å². The first kappa shape index (κ1) is 27.4. The van der Waals surface area contributed by atoms with E-state index in [0.717, 1.165) is 36.4 Å². The fourth-order valence-corrected chi connectivity index (χ4v) is 2.96. The highest BCUT2D eigenvalue weighted by atomic mass is 35.5. The average Bonchev–Trinajstić information content (AvgIpc) is 2.82. The van der Waals surface area contributed by atoms with E-state index in [1.165, 1.54) is 12.1 Å². The Kier molecular flexibility index (Phi) is 8.03. The van der Waals surface area contributed by atoms with E-state index in [4.69, 9.17) is 18.2 Å². The van der Waals surface area contributed by atoms with Crippen molar-refractivity contribution in [3.8, 4) is 22.5 Å². The Hall–Kier alpha value is -4.18. The van der Waals surface area contributed by atoms with Crippen LogP contribution in [0.3, 0.4) is 0 Å². The molecule has 37 heavy (non-hydrogen) atoms. The monoisotopic (exact) mass is 543 g/mol. The summed E-state index contributed by atoms with van der Waals surface area (Å²) < 4.78 is 100. The third-order valence-electron chi connectivity index (χ3n) is 4.43. The summed E-state index contributed by atoms with van der Waals surface area (Å²) in [5, 5.41) is -0.0910. The fourth-order valence-electron chi connectivity index (χ4n) is 2.77. The van der Waals surface area contributed by atoms with Crippen molar-refractivity contribution in [3.63, 3.8) is 0 Å². The van der Waals surface area contributed by atoms with Crippen molar-refractivity contribution in [1.29, 1.82) is 0 Å². The molecular weight excluding hydrogens is 534 g/mol. The highest BCUT2D eigenvalue weighted by Crippen LogP contribution is 2.31. The lowest BCUT2D eigenvalue weighted by molar-refractivity contribution is -0.138. The Morgan fingerprint density at radius 2 is 1.14 bits per heavy atom. The molecule has 0 bridgehead atoms. The predicted molar refractivity (Wildman–Crippen MR) is 116 cm³/mol. The van der Waals surface area contributed by atoms with Gasteiger partial charge in [-0.25, -0.2) is 4.98 Å². The fraction of sp³-hybridized carbons (Fsp3) is 0.0870. The molecule has 5 nitrogen and oxygen atoms in total. The molecule has 4 aromatic heterocycles. The highest BCUT2D eigenvalue weighted by molar-refractivity contribution is 6.29. The minimum Gasteiger partial charge on any atom is -0.361 e. The molecule has 0 N–H and O–H groups in total. The number of hydrogen-bond acceptors (Lipinski definition) is 4. The van der Waals surface area contributed by atoms with E-state index in [-0.39, 0.29) is 33.5 Å². The van der Waals surface area contributed by atoms with Crippen molar-refractivity contribution in [1.82, 2.24) is 19.9 Å². The van der Waals surface area contributed by atoms with Crippen LogP contribution in [0.25, 0.3) is 27.4 Å². The minimum atomic E-state index is -4.48. The molecule has 4 aromatic rings. The molecule has 0 saturated heterocycles. The van der Waals surface area contributed by atoms with Crippen molar-refractivity contribution < 1.29 is 35.1 Å². The Balaban J connectivity index is 0.000000206. The molecule has 0 unspecified atom stereocenters. The van der Waals surface area contributed by atoms with Crippen LogP contribution in [0.4, 0.5) is 40.9 Å². The summed E-state index contributed by atoms with van der Waals surface area (Å²) in [5.74, 6) is -1.89. The third kappa shape index (κ3) is 7.40. The molecule has 4 heterocycles. The van der Waals surface area contributed by atoms with E-state index < -0.39 is 35.4 Å². The Labute approximate surface area is 208 Å². The van der Waals surface area contributed by atoms with Gasteiger partial charge in [-0.05, 0) is 42.0 Å². The molecule has 14 heteroatoms. The molecule has 0 amide bonds. The van der Waals surface area contributed by atoms with Gasteiger partial charge in [-0.1, -0.05) is 23.2 Å². The second-order valence-corrected chi connectivity index (χ2v) is 7.40. The summed E-state index contributed by atoms with van der Waals surface area (Å²) in [7, 11) is 0. The predicted octanol–water partition coefficient (Wildman–Crippen LogP) is 7.81. The maximum Gasteiger partial charge on any atom is 0.417 e. The number of rotatable bonds is 2. The second kappa shape index (κ2) is 10.8. The van der Waals surface area contributed by atoms with Crippen LogP contribution in [0, 0.1) is 18.5 Å². The quantitative estimate of drug-likeness (QED) is 0.147. The third-order valence-corrected chi connectivity index (χ3v) is 4.62. The zero-order valence-corrected chi connectivity index (χ0v) is 18.7. The number of aromatic nitrogens is 4. The molecule has 0 aromatic carbocycles. The van der Waals surface area contributed by atoms with E-state index >= 15 is 0 Å². The van der Waals surface area contributed by atoms with Gasteiger partial charge in [0.25, 0.3) is 5.82 Å². The van der Waals surface area contributed by atoms with Crippen LogP contribution in [-0.2, 0) is 12.4 Å². The molecule has 0 spiro atoms. The van der Waals surface area contributed by atoms with Crippen LogP contribution >= 0.6 is 11.6 Å². The van der Waals surface area contributed by atoms with Crippen LogP contribution in [-0.4, -0.2) is 19.9 Å². The Bertz CT molecular complexity index is 1410. The van der Waals surface area contributed by atoms with Crippen molar-refractivity contribution in [2.24, 2.45) is 0 Å². The standard InChI is InChI=1S/C12H5F4N3.C11H5ClF4N2/c1-17-11-5-7(4-10(13)19-11)9-3-2-8(6-18-9)12(14,15)16;12-9-3-6(4-10(13)18-9)8-2-1-7(5-17-8)11(14,15)16/h2-6H;1-5H. The van der Waals surface area contributed by atoms with Gasteiger partial charge in [-0.3, -0.25) is 9.97 Å². The molecular formula is C23H10ClF8N5. The van der Waals surface area contributed by atoms with E-state index in [1.54, 1.807) is 0 Å². The maximum absolute atomic E-state index is 13.1. The molecule has 0 aliphatic heterocycles. The normalized spacial score (nSPS) is 11.4. The van der Waals surface area contributed by atoms with Gasteiger partial charge in [-0.2, -0.15) is 35.1 Å². The van der Waals surface area contributed by atoms with Gasteiger partial charge in [0.05, 0.1) is 22.5 Å². The SMILES string of the molecule is Fc1cc(-c2ccc(C(F)(F)F)cn2)cc(Cl)n1.[C-]#[N+]c1cc(-c2ccc(C(F)(F)F)cn2)cc(F)n1. The summed E-state index contributed by atoms with van der Waals surface area (Å²) in [6.45, 7) is 6.74. The first-order valence-corrected chi connectivity index (χ1v) is 10.1. The Morgan fingerprint density at radius 1 is 0.676 bits per heavy atom. The molecule has 0 aliphatic rings. The molecule has 0 radical (unpaired) electrons. The molecule has 0 atom stereocenters. The molecule has 190 valence electrons. The van der Waals surface area contributed by atoms with Gasteiger partial charge in [0.1, 0.15) is 5.15 Å². The lowest BCUT2D eigenvalue weighted by atomic mass is 10.1. The number of alkyl halides is 6. The van der Waals surface area contributed by atoms with Gasteiger partial charge in [0.2, 0.25) is 5.95 Å². The van der Waals surface area contributed by atoms with Gasteiger partial charge in [0.15, 0.2) is 0 Å². The first-order chi connectivity index (χ1) is 17.3. The number of hydrogen-bond donors (Lipinski definition) is 0. The van der Waals surface area contributed by atoms with Crippen LogP contribution in [0.15, 0.2) is 60.9 Å². The summed E-state index contributed by atoms with van der Waals surface area (Å²) in [6.07, 6.45) is -7.59. The van der Waals surface area contributed by atoms with Crippen LogP contribution in [0.2, 0.25) is 5.15 Å². The molecule has 4 rings (SSSR count). The summed E-state index contributed by atoms with van der Waals surface area (Å²) in [4.78, 5) is 16.8. The van der Waals surface area contributed by atoms with Crippen LogP contribution in [0.5, 0.6) is 0 Å². The Morgan fingerprint density at radius 3 is 1.51 bits per heavy atom. The van der Waals surface area contributed by atoms with Crippen molar-refractivity contribution in [2.75, 3.05) is 0 Å². The number of pyridine rings is 4. The topological polar surface area (TPSA) is 55.9 Å². The van der Waals surface area contributed by atoms with Crippen molar-refractivity contribution in [2.45, 2.75) is 12.4 Å². The summed E-state index contributed by atoms with van der Waals surface area (Å²) in [6, 6.07) is 8.60.